The van der Waals surface area contributed by atoms with Crippen LogP contribution in [0.5, 0.6) is 0 Å². The second-order valence-corrected chi connectivity index (χ2v) is 3.19. The minimum Gasteiger partial charge on any atom is -0.304 e. The average molecular weight is 198 g/mol. The summed E-state index contributed by atoms with van der Waals surface area (Å²) in [6.45, 7) is 0.540. The summed E-state index contributed by atoms with van der Waals surface area (Å²) >= 11 is 0. The van der Waals surface area contributed by atoms with E-state index in [-0.39, 0.29) is 5.56 Å². The van der Waals surface area contributed by atoms with E-state index in [1.165, 1.54) is 6.20 Å². The predicted octanol–water partition coefficient (Wildman–Crippen LogP) is 1.42. The third-order valence-electron chi connectivity index (χ3n) is 2.23. The summed E-state index contributed by atoms with van der Waals surface area (Å²) in [6.07, 6.45) is 7.07. The zero-order valence-electron chi connectivity index (χ0n) is 8.18. The van der Waals surface area contributed by atoms with Crippen LogP contribution in [0.2, 0.25) is 0 Å². The lowest BCUT2D eigenvalue weighted by atomic mass is 10.3. The van der Waals surface area contributed by atoms with Crippen LogP contribution in [0.25, 0.3) is 11.0 Å². The first-order valence-corrected chi connectivity index (χ1v) is 4.71. The fourth-order valence-electron chi connectivity index (χ4n) is 1.52. The fourth-order valence-corrected chi connectivity index (χ4v) is 1.52. The Bertz CT molecular complexity index is 578. The van der Waals surface area contributed by atoms with Gasteiger partial charge in [-0.15, -0.1) is 12.3 Å². The van der Waals surface area contributed by atoms with Crippen LogP contribution in [0.1, 0.15) is 6.42 Å². The molecule has 0 unspecified atom stereocenters. The molecule has 0 spiro atoms. The highest BCUT2D eigenvalue weighted by molar-refractivity contribution is 5.74. The minimum atomic E-state index is -0.107. The third kappa shape index (κ3) is 1.75. The number of fused-ring (bicyclic) bond motifs is 1. The summed E-state index contributed by atoms with van der Waals surface area (Å²) in [5.41, 5.74) is 1.54. The van der Waals surface area contributed by atoms with Crippen molar-refractivity contribution >= 4 is 11.0 Å². The molecule has 0 aliphatic carbocycles. The highest BCUT2D eigenvalue weighted by Gasteiger charge is 2.01. The van der Waals surface area contributed by atoms with Crippen molar-refractivity contribution in [1.82, 2.24) is 9.55 Å². The molecule has 3 nitrogen and oxygen atoms in total. The molecule has 3 heteroatoms. The molecule has 0 fully saturated rings. The number of aromatic nitrogens is 2. The lowest BCUT2D eigenvalue weighted by Gasteiger charge is -2.06. The Morgan fingerprint density at radius 2 is 2.20 bits per heavy atom. The summed E-state index contributed by atoms with van der Waals surface area (Å²) < 4.78 is 1.65. The first-order valence-electron chi connectivity index (χ1n) is 4.71. The highest BCUT2D eigenvalue weighted by atomic mass is 16.1. The minimum absolute atomic E-state index is 0.107. The molecule has 1 heterocycles. The monoisotopic (exact) mass is 198 g/mol. The third-order valence-corrected chi connectivity index (χ3v) is 2.23. The normalized spacial score (nSPS) is 10.1. The van der Waals surface area contributed by atoms with Gasteiger partial charge in [0, 0.05) is 13.0 Å². The molecule has 0 N–H and O–H groups in total. The maximum Gasteiger partial charge on any atom is 0.269 e. The van der Waals surface area contributed by atoms with E-state index in [0.717, 1.165) is 11.0 Å². The lowest BCUT2D eigenvalue weighted by Crippen LogP contribution is -2.20. The van der Waals surface area contributed by atoms with Gasteiger partial charge in [-0.05, 0) is 12.1 Å². The molecule has 0 bridgehead atoms. The van der Waals surface area contributed by atoms with Gasteiger partial charge in [-0.3, -0.25) is 4.79 Å². The Morgan fingerprint density at radius 1 is 1.40 bits per heavy atom. The Kier molecular flexibility index (Phi) is 2.51. The number of terminal acetylenes is 1. The predicted molar refractivity (Wildman–Crippen MR) is 59.5 cm³/mol. The quantitative estimate of drug-likeness (QED) is 0.684. The molecule has 2 aromatic rings. The number of para-hydroxylation sites is 2. The van der Waals surface area contributed by atoms with Crippen molar-refractivity contribution in [2.45, 2.75) is 13.0 Å². The first kappa shape index (κ1) is 9.47. The van der Waals surface area contributed by atoms with E-state index in [2.05, 4.69) is 10.9 Å². The molecule has 15 heavy (non-hydrogen) atoms. The number of rotatable bonds is 2. The molecule has 0 saturated carbocycles. The molecule has 0 atom stereocenters. The van der Waals surface area contributed by atoms with Crippen molar-refractivity contribution < 1.29 is 0 Å². The van der Waals surface area contributed by atoms with Gasteiger partial charge in [0.15, 0.2) is 0 Å². The molecular weight excluding hydrogens is 188 g/mol. The number of aryl methyl sites for hydroxylation is 1. The van der Waals surface area contributed by atoms with Gasteiger partial charge in [0.1, 0.15) is 0 Å². The molecule has 0 saturated heterocycles. The summed E-state index contributed by atoms with van der Waals surface area (Å²) in [6, 6.07) is 7.53. The van der Waals surface area contributed by atoms with Crippen LogP contribution in [-0.4, -0.2) is 9.55 Å². The Morgan fingerprint density at radius 3 is 3.00 bits per heavy atom. The van der Waals surface area contributed by atoms with Gasteiger partial charge < -0.3 is 4.57 Å². The van der Waals surface area contributed by atoms with Crippen molar-refractivity contribution in [3.63, 3.8) is 0 Å². The molecule has 2 rings (SSSR count). The zero-order valence-corrected chi connectivity index (χ0v) is 8.18. The summed E-state index contributed by atoms with van der Waals surface area (Å²) in [5, 5.41) is 0. The molecule has 0 aliphatic heterocycles. The van der Waals surface area contributed by atoms with Crippen molar-refractivity contribution in [2.75, 3.05) is 0 Å². The fraction of sp³-hybridized carbons (Fsp3) is 0.167. The Hall–Kier alpha value is -2.08. The molecule has 0 radical (unpaired) electrons. The van der Waals surface area contributed by atoms with E-state index >= 15 is 0 Å². The van der Waals surface area contributed by atoms with E-state index in [9.17, 15) is 4.79 Å². The summed E-state index contributed by atoms with van der Waals surface area (Å²) in [5.74, 6) is 2.53. The molecular formula is C12H10N2O. The van der Waals surface area contributed by atoms with Gasteiger partial charge in [0.25, 0.3) is 5.56 Å². The smallest absolute Gasteiger partial charge is 0.269 e. The Labute approximate surface area is 87.4 Å². The van der Waals surface area contributed by atoms with Gasteiger partial charge in [0.05, 0.1) is 17.2 Å². The van der Waals surface area contributed by atoms with Crippen LogP contribution in [0, 0.1) is 12.3 Å². The van der Waals surface area contributed by atoms with Crippen molar-refractivity contribution in [1.29, 1.82) is 0 Å². The van der Waals surface area contributed by atoms with E-state index in [0.29, 0.717) is 13.0 Å². The molecule has 0 aliphatic rings. The number of hydrogen-bond acceptors (Lipinski definition) is 2. The molecule has 1 aromatic carbocycles. The summed E-state index contributed by atoms with van der Waals surface area (Å²) in [4.78, 5) is 15.6. The SMILES string of the molecule is C#CCCn1c(=O)cnc2ccccc21. The first-order chi connectivity index (χ1) is 7.33. The van der Waals surface area contributed by atoms with Gasteiger partial charge in [0.2, 0.25) is 0 Å². The van der Waals surface area contributed by atoms with E-state index in [1.54, 1.807) is 4.57 Å². The van der Waals surface area contributed by atoms with Gasteiger partial charge in [-0.25, -0.2) is 4.98 Å². The van der Waals surface area contributed by atoms with E-state index in [1.807, 2.05) is 24.3 Å². The number of hydrogen-bond donors (Lipinski definition) is 0. The highest BCUT2D eigenvalue weighted by Crippen LogP contribution is 2.08. The van der Waals surface area contributed by atoms with Crippen molar-refractivity contribution in [3.05, 3.63) is 40.8 Å². The van der Waals surface area contributed by atoms with Crippen LogP contribution < -0.4 is 5.56 Å². The van der Waals surface area contributed by atoms with Crippen LogP contribution in [-0.2, 0) is 6.54 Å². The van der Waals surface area contributed by atoms with Crippen LogP contribution in [0.4, 0.5) is 0 Å². The zero-order chi connectivity index (χ0) is 10.7. The maximum atomic E-state index is 11.6. The van der Waals surface area contributed by atoms with Gasteiger partial charge in [-0.1, -0.05) is 12.1 Å². The van der Waals surface area contributed by atoms with Crippen molar-refractivity contribution in [2.24, 2.45) is 0 Å². The second kappa shape index (κ2) is 3.97. The van der Waals surface area contributed by atoms with Gasteiger partial charge in [-0.2, -0.15) is 0 Å². The lowest BCUT2D eigenvalue weighted by molar-refractivity contribution is 0.713. The standard InChI is InChI=1S/C12H10N2O/c1-2-3-8-14-11-7-5-4-6-10(11)13-9-12(14)15/h1,4-7,9H,3,8H2. The number of nitrogens with zero attached hydrogens (tertiary/aromatic N) is 2. The second-order valence-electron chi connectivity index (χ2n) is 3.19. The molecule has 74 valence electrons. The molecule has 0 amide bonds. The summed E-state index contributed by atoms with van der Waals surface area (Å²) in [7, 11) is 0. The average Bonchev–Trinajstić information content (AvgIpc) is 2.28. The topological polar surface area (TPSA) is 34.9 Å². The van der Waals surface area contributed by atoms with E-state index in [4.69, 9.17) is 6.42 Å². The van der Waals surface area contributed by atoms with Crippen LogP contribution >= 0.6 is 0 Å². The van der Waals surface area contributed by atoms with Crippen LogP contribution in [0.3, 0.4) is 0 Å². The largest absolute Gasteiger partial charge is 0.304 e. The Balaban J connectivity index is 2.64. The van der Waals surface area contributed by atoms with Gasteiger partial charge >= 0.3 is 0 Å². The van der Waals surface area contributed by atoms with Crippen LogP contribution in [0.15, 0.2) is 35.3 Å². The maximum absolute atomic E-state index is 11.6. The van der Waals surface area contributed by atoms with E-state index < -0.39 is 0 Å². The molecule has 1 aromatic heterocycles. The number of benzene rings is 1. The van der Waals surface area contributed by atoms with Crippen molar-refractivity contribution in [3.8, 4) is 12.3 Å².